The summed E-state index contributed by atoms with van der Waals surface area (Å²) in [7, 11) is -1.16. The fraction of sp³-hybridized carbons (Fsp3) is 0.179. The van der Waals surface area contributed by atoms with Gasteiger partial charge in [-0.1, -0.05) is 105 Å². The van der Waals surface area contributed by atoms with Gasteiger partial charge < -0.3 is 19.6 Å². The lowest BCUT2D eigenvalue weighted by Crippen LogP contribution is -2.66. The lowest BCUT2D eigenvalue weighted by Gasteiger charge is -2.43. The topological polar surface area (TPSA) is 72.4 Å². The van der Waals surface area contributed by atoms with Crippen LogP contribution >= 0.6 is 11.6 Å². The van der Waals surface area contributed by atoms with Gasteiger partial charge in [0.05, 0.1) is 13.2 Å². The second-order valence-electron chi connectivity index (χ2n) is 12.3. The number of rotatable bonds is 11. The number of hydrogen-bond acceptors (Lipinski definition) is 3. The number of hydrogen-bond donors (Lipinski definition) is 2. The first-order valence-electron chi connectivity index (χ1n) is 15.6. The predicted octanol–water partition coefficient (Wildman–Crippen LogP) is 6.90. The molecule has 2 amide bonds. The summed E-state index contributed by atoms with van der Waals surface area (Å²) in [6.07, 6.45) is 5.19. The van der Waals surface area contributed by atoms with Crippen LogP contribution < -0.4 is 21.0 Å². The van der Waals surface area contributed by atoms with Gasteiger partial charge in [0.1, 0.15) is 0 Å². The number of nitrogens with zero attached hydrogens (tertiary/aromatic N) is 1. The van der Waals surface area contributed by atoms with E-state index in [1.165, 1.54) is 16.4 Å². The lowest BCUT2D eigenvalue weighted by atomic mass is 10.1. The van der Waals surface area contributed by atoms with Gasteiger partial charge in [0, 0.05) is 41.3 Å². The molecule has 0 saturated heterocycles. The van der Waals surface area contributed by atoms with Crippen molar-refractivity contribution in [2.24, 2.45) is 0 Å². The molecule has 0 spiro atoms. The molecule has 5 aromatic rings. The van der Waals surface area contributed by atoms with Crippen molar-refractivity contribution in [3.05, 3.63) is 155 Å². The highest BCUT2D eigenvalue weighted by molar-refractivity contribution is 6.99. The van der Waals surface area contributed by atoms with Gasteiger partial charge in [-0.2, -0.15) is 0 Å². The van der Waals surface area contributed by atoms with Crippen molar-refractivity contribution in [3.8, 4) is 5.69 Å². The number of carbonyl (C=O) groups is 2. The number of benzene rings is 4. The summed E-state index contributed by atoms with van der Waals surface area (Å²) in [5.41, 5.74) is 4.13. The predicted molar refractivity (Wildman–Crippen MR) is 194 cm³/mol. The Labute approximate surface area is 283 Å². The second kappa shape index (κ2) is 14.8. The Kier molecular flexibility index (Phi) is 10.6. The highest BCUT2D eigenvalue weighted by Gasteiger charge is 2.50. The molecule has 4 aromatic carbocycles. The number of amides is 2. The Balaban J connectivity index is 1.33. The van der Waals surface area contributed by atoms with Crippen LogP contribution in [-0.4, -0.2) is 31.7 Å². The molecule has 8 heteroatoms. The monoisotopic (exact) mass is 661 g/mol. The first-order chi connectivity index (χ1) is 22.6. The highest BCUT2D eigenvalue weighted by atomic mass is 35.5. The zero-order chi connectivity index (χ0) is 33.4. The Bertz CT molecular complexity index is 1810. The summed E-state index contributed by atoms with van der Waals surface area (Å²) in [5, 5.41) is 8.48. The largest absolute Gasteiger partial charge is 0.403 e. The van der Waals surface area contributed by atoms with E-state index < -0.39 is 8.32 Å². The molecule has 0 bridgehead atoms. The van der Waals surface area contributed by atoms with Crippen LogP contribution in [0.3, 0.4) is 0 Å². The van der Waals surface area contributed by atoms with E-state index in [2.05, 4.69) is 86.0 Å². The van der Waals surface area contributed by atoms with Crippen molar-refractivity contribution >= 4 is 48.2 Å². The molecule has 1 heterocycles. The summed E-state index contributed by atoms with van der Waals surface area (Å²) in [4.78, 5) is 24.4. The number of halogens is 1. The van der Waals surface area contributed by atoms with Gasteiger partial charge >= 0.3 is 0 Å². The van der Waals surface area contributed by atoms with Crippen LogP contribution in [-0.2, 0) is 22.4 Å². The van der Waals surface area contributed by atoms with E-state index in [1.54, 1.807) is 37.4 Å². The van der Waals surface area contributed by atoms with Gasteiger partial charge in [-0.15, -0.1) is 0 Å². The van der Waals surface area contributed by atoms with E-state index >= 15 is 0 Å². The molecule has 0 atom stereocenters. The normalized spacial score (nSPS) is 11.9. The van der Waals surface area contributed by atoms with E-state index in [9.17, 15) is 9.59 Å². The molecule has 47 heavy (non-hydrogen) atoms. The van der Waals surface area contributed by atoms with Gasteiger partial charge in [-0.05, 0) is 75.1 Å². The van der Waals surface area contributed by atoms with Crippen molar-refractivity contribution in [2.45, 2.75) is 39.0 Å². The third-order valence-electron chi connectivity index (χ3n) is 8.27. The molecule has 0 saturated carbocycles. The maximum absolute atomic E-state index is 12.7. The van der Waals surface area contributed by atoms with E-state index in [0.717, 1.165) is 22.5 Å². The third-order valence-corrected chi connectivity index (χ3v) is 13.6. The Morgan fingerprint density at radius 2 is 1.49 bits per heavy atom. The minimum atomic E-state index is -2.75. The van der Waals surface area contributed by atoms with E-state index in [1.807, 2.05) is 47.2 Å². The van der Waals surface area contributed by atoms with Gasteiger partial charge in [-0.25, -0.2) is 0 Å². The quantitative estimate of drug-likeness (QED) is 0.120. The molecule has 240 valence electrons. The van der Waals surface area contributed by atoms with E-state index in [4.69, 9.17) is 16.0 Å². The minimum absolute atomic E-state index is 0.152. The van der Waals surface area contributed by atoms with Crippen LogP contribution in [0.5, 0.6) is 0 Å². The molecular formula is C39H40ClN3O3Si. The fourth-order valence-electron chi connectivity index (χ4n) is 5.88. The van der Waals surface area contributed by atoms with Crippen LogP contribution in [0.1, 0.15) is 48.0 Å². The van der Waals surface area contributed by atoms with Crippen LogP contribution in [0.4, 0.5) is 0 Å². The molecule has 0 unspecified atom stereocenters. The van der Waals surface area contributed by atoms with Gasteiger partial charge in [0.25, 0.3) is 14.2 Å². The Morgan fingerprint density at radius 3 is 2.09 bits per heavy atom. The van der Waals surface area contributed by atoms with Crippen molar-refractivity contribution in [1.29, 1.82) is 0 Å². The summed E-state index contributed by atoms with van der Waals surface area (Å²) in [6, 6.07) is 38.1. The molecule has 0 aliphatic carbocycles. The maximum Gasteiger partial charge on any atom is 0.261 e. The number of carbonyl (C=O) groups excluding carboxylic acids is 2. The van der Waals surface area contributed by atoms with Crippen molar-refractivity contribution < 1.29 is 14.0 Å². The third kappa shape index (κ3) is 7.66. The summed E-state index contributed by atoms with van der Waals surface area (Å²) >= 11 is 6.79. The van der Waals surface area contributed by atoms with Gasteiger partial charge in [0.2, 0.25) is 5.91 Å². The maximum atomic E-state index is 12.7. The molecule has 2 N–H and O–H groups in total. The van der Waals surface area contributed by atoms with Crippen LogP contribution in [0.25, 0.3) is 11.8 Å². The second-order valence-corrected chi connectivity index (χ2v) is 17.1. The number of aromatic nitrogens is 1. The molecule has 5 rings (SSSR count). The SMILES string of the molecule is CNC(=O)c1ccc(/C=C/C(=O)NCc2cccn2-c2ccc(Cl)c(CO[Si](c3ccccc3)(c3ccccc3)C(C)(C)C)c2)cc1. The summed E-state index contributed by atoms with van der Waals surface area (Å²) < 4.78 is 9.21. The van der Waals surface area contributed by atoms with Crippen LogP contribution in [0.15, 0.2) is 128 Å². The van der Waals surface area contributed by atoms with E-state index in [-0.39, 0.29) is 16.9 Å². The lowest BCUT2D eigenvalue weighted by molar-refractivity contribution is -0.116. The Hall–Kier alpha value is -4.69. The van der Waals surface area contributed by atoms with Crippen molar-refractivity contribution in [1.82, 2.24) is 15.2 Å². The first kappa shape index (κ1) is 33.7. The molecule has 1 aromatic heterocycles. The molecule has 0 aliphatic rings. The molecule has 0 radical (unpaired) electrons. The summed E-state index contributed by atoms with van der Waals surface area (Å²) in [5.74, 6) is -0.371. The fourth-order valence-corrected chi connectivity index (χ4v) is 10.6. The van der Waals surface area contributed by atoms with Gasteiger partial charge in [-0.3, -0.25) is 9.59 Å². The average Bonchev–Trinajstić information content (AvgIpc) is 3.56. The van der Waals surface area contributed by atoms with Crippen LogP contribution in [0, 0.1) is 0 Å². The average molecular weight is 662 g/mol. The van der Waals surface area contributed by atoms with Gasteiger partial charge in [0.15, 0.2) is 0 Å². The molecule has 6 nitrogen and oxygen atoms in total. The minimum Gasteiger partial charge on any atom is -0.403 e. The van der Waals surface area contributed by atoms with E-state index in [0.29, 0.717) is 23.7 Å². The Morgan fingerprint density at radius 1 is 0.851 bits per heavy atom. The zero-order valence-corrected chi connectivity index (χ0v) is 28.9. The summed E-state index contributed by atoms with van der Waals surface area (Å²) in [6.45, 7) is 7.46. The molecular weight excluding hydrogens is 622 g/mol. The zero-order valence-electron chi connectivity index (χ0n) is 27.2. The number of nitrogens with one attached hydrogen (secondary N) is 2. The van der Waals surface area contributed by atoms with Crippen molar-refractivity contribution in [3.63, 3.8) is 0 Å². The van der Waals surface area contributed by atoms with Crippen molar-refractivity contribution in [2.75, 3.05) is 7.05 Å². The molecule has 0 fully saturated rings. The first-order valence-corrected chi connectivity index (χ1v) is 17.9. The highest BCUT2D eigenvalue weighted by Crippen LogP contribution is 2.38. The molecule has 0 aliphatic heterocycles. The smallest absolute Gasteiger partial charge is 0.261 e. The standard InChI is InChI=1S/C39H40ClN3O3Si/c1-39(2,3)47(34-13-7-5-8-14-34,35-15-9-6-10-16-35)46-28-31-26-32(22-23-36(31)40)43-25-11-12-33(43)27-42-37(44)24-19-29-17-20-30(21-18-29)38(45)41-4/h5-26H,27-28H2,1-4H3,(H,41,45)(H,42,44)/b24-19+. The van der Waals surface area contributed by atoms with Crippen LogP contribution in [0.2, 0.25) is 10.1 Å².